The summed E-state index contributed by atoms with van der Waals surface area (Å²) in [4.78, 5) is 26.1. The number of amides is 1. The Labute approximate surface area is 91.8 Å². The summed E-state index contributed by atoms with van der Waals surface area (Å²) >= 11 is 0. The molecule has 0 fully saturated rings. The van der Waals surface area contributed by atoms with Crippen LogP contribution in [0.2, 0.25) is 0 Å². The Morgan fingerprint density at radius 1 is 1.69 bits per heavy atom. The number of esters is 1. The molecule has 1 rings (SSSR count). The average Bonchev–Trinajstić information content (AvgIpc) is 2.62. The van der Waals surface area contributed by atoms with Gasteiger partial charge in [-0.15, -0.1) is 5.10 Å². The Hall–Kier alpha value is -2.12. The molecule has 1 aromatic heterocycles. The molecule has 0 aromatic carbocycles. The smallest absolute Gasteiger partial charge is 0.328 e. The number of nitrogens with two attached hydrogens (primary N) is 1. The van der Waals surface area contributed by atoms with Crippen LogP contribution in [0.25, 0.3) is 0 Å². The number of hydrogen-bond acceptors (Lipinski definition) is 6. The van der Waals surface area contributed by atoms with Gasteiger partial charge in [-0.25, -0.2) is 14.5 Å². The topological polar surface area (TPSA) is 112 Å². The average molecular weight is 227 g/mol. The summed E-state index contributed by atoms with van der Waals surface area (Å²) in [5, 5.41) is 6.17. The van der Waals surface area contributed by atoms with Crippen LogP contribution in [0.4, 0.5) is 5.95 Å². The summed E-state index contributed by atoms with van der Waals surface area (Å²) in [6.45, 7) is 1.48. The number of nitrogen functional groups attached to an aromatic ring is 1. The van der Waals surface area contributed by atoms with E-state index in [2.05, 4.69) is 20.1 Å². The monoisotopic (exact) mass is 227 g/mol. The fraction of sp³-hybridized carbons (Fsp3) is 0.500. The molecular formula is C8H13N5O3. The molecule has 1 unspecified atom stereocenters. The largest absolute Gasteiger partial charge is 0.467 e. The van der Waals surface area contributed by atoms with Gasteiger partial charge in [0.25, 0.3) is 0 Å². The molecular weight excluding hydrogens is 214 g/mol. The molecule has 0 saturated carbocycles. The third-order valence-corrected chi connectivity index (χ3v) is 1.79. The van der Waals surface area contributed by atoms with E-state index in [0.29, 0.717) is 0 Å². The van der Waals surface area contributed by atoms with Gasteiger partial charge in [0, 0.05) is 0 Å². The highest BCUT2D eigenvalue weighted by molar-refractivity contribution is 5.83. The summed E-state index contributed by atoms with van der Waals surface area (Å²) in [5.74, 6) is -0.789. The highest BCUT2D eigenvalue weighted by atomic mass is 16.5. The number of hydrogen-bond donors (Lipinski definition) is 2. The minimum atomic E-state index is -0.696. The molecule has 8 heteroatoms. The number of ether oxygens (including phenoxy) is 1. The first kappa shape index (κ1) is 12.0. The Kier molecular flexibility index (Phi) is 3.81. The molecule has 1 atom stereocenters. The lowest BCUT2D eigenvalue weighted by molar-refractivity contribution is -0.144. The summed E-state index contributed by atoms with van der Waals surface area (Å²) in [7, 11) is 1.25. The van der Waals surface area contributed by atoms with Crippen molar-refractivity contribution in [3.63, 3.8) is 0 Å². The SMILES string of the molecule is COC(=O)C(C)NC(=O)Cn1cnc(N)n1. The maximum absolute atomic E-state index is 11.4. The molecule has 8 nitrogen and oxygen atoms in total. The number of rotatable bonds is 4. The van der Waals surface area contributed by atoms with E-state index in [4.69, 9.17) is 5.73 Å². The second-order valence-electron chi connectivity index (χ2n) is 3.11. The van der Waals surface area contributed by atoms with Crippen LogP contribution in [-0.4, -0.2) is 39.8 Å². The highest BCUT2D eigenvalue weighted by Gasteiger charge is 2.15. The van der Waals surface area contributed by atoms with Crippen LogP contribution in [0, 0.1) is 0 Å². The fourth-order valence-electron chi connectivity index (χ4n) is 1.06. The van der Waals surface area contributed by atoms with Crippen molar-refractivity contribution in [3.8, 4) is 0 Å². The van der Waals surface area contributed by atoms with Gasteiger partial charge in [-0.05, 0) is 6.92 Å². The van der Waals surface area contributed by atoms with E-state index in [9.17, 15) is 9.59 Å². The number of nitrogens with zero attached hydrogens (tertiary/aromatic N) is 3. The van der Waals surface area contributed by atoms with Gasteiger partial charge in [0.1, 0.15) is 18.9 Å². The normalized spacial score (nSPS) is 11.9. The Morgan fingerprint density at radius 3 is 2.88 bits per heavy atom. The molecule has 0 aliphatic rings. The number of anilines is 1. The quantitative estimate of drug-likeness (QED) is 0.608. The lowest BCUT2D eigenvalue weighted by atomic mass is 10.3. The van der Waals surface area contributed by atoms with Crippen molar-refractivity contribution in [2.45, 2.75) is 19.5 Å². The van der Waals surface area contributed by atoms with Gasteiger partial charge in [-0.3, -0.25) is 4.79 Å². The molecule has 0 spiro atoms. The van der Waals surface area contributed by atoms with Gasteiger partial charge < -0.3 is 15.8 Å². The van der Waals surface area contributed by atoms with Gasteiger partial charge >= 0.3 is 5.97 Å². The van der Waals surface area contributed by atoms with Gasteiger partial charge in [-0.2, -0.15) is 0 Å². The third kappa shape index (κ3) is 3.23. The second-order valence-corrected chi connectivity index (χ2v) is 3.11. The summed E-state index contributed by atoms with van der Waals surface area (Å²) in [6, 6.07) is -0.696. The van der Waals surface area contributed by atoms with Gasteiger partial charge in [0.15, 0.2) is 0 Å². The third-order valence-electron chi connectivity index (χ3n) is 1.79. The molecule has 0 saturated heterocycles. The molecule has 0 aliphatic carbocycles. The van der Waals surface area contributed by atoms with Crippen molar-refractivity contribution >= 4 is 17.8 Å². The van der Waals surface area contributed by atoms with Crippen LogP contribution < -0.4 is 11.1 Å². The van der Waals surface area contributed by atoms with Crippen molar-refractivity contribution in [1.29, 1.82) is 0 Å². The number of nitrogens with one attached hydrogen (secondary N) is 1. The summed E-state index contributed by atoms with van der Waals surface area (Å²) in [6.07, 6.45) is 1.33. The van der Waals surface area contributed by atoms with Crippen molar-refractivity contribution < 1.29 is 14.3 Å². The Balaban J connectivity index is 2.45. The van der Waals surface area contributed by atoms with Crippen LogP contribution in [-0.2, 0) is 20.9 Å². The van der Waals surface area contributed by atoms with Gasteiger partial charge in [-0.1, -0.05) is 0 Å². The molecule has 88 valence electrons. The highest BCUT2D eigenvalue weighted by Crippen LogP contribution is 1.91. The first-order valence-electron chi connectivity index (χ1n) is 4.55. The number of carbonyl (C=O) groups excluding carboxylic acids is 2. The van der Waals surface area contributed by atoms with E-state index in [0.717, 1.165) is 0 Å². The van der Waals surface area contributed by atoms with Crippen LogP contribution in [0.5, 0.6) is 0 Å². The van der Waals surface area contributed by atoms with E-state index >= 15 is 0 Å². The van der Waals surface area contributed by atoms with E-state index in [1.165, 1.54) is 25.0 Å². The lowest BCUT2D eigenvalue weighted by Gasteiger charge is -2.10. The zero-order valence-corrected chi connectivity index (χ0v) is 9.01. The Bertz CT molecular complexity index is 389. The van der Waals surface area contributed by atoms with Crippen molar-refractivity contribution in [1.82, 2.24) is 20.1 Å². The summed E-state index contributed by atoms with van der Waals surface area (Å²) in [5.41, 5.74) is 5.28. The molecule has 0 aliphatic heterocycles. The maximum atomic E-state index is 11.4. The zero-order chi connectivity index (χ0) is 12.1. The van der Waals surface area contributed by atoms with E-state index < -0.39 is 12.0 Å². The maximum Gasteiger partial charge on any atom is 0.328 e. The second kappa shape index (κ2) is 5.10. The minimum Gasteiger partial charge on any atom is -0.467 e. The first-order chi connectivity index (χ1) is 7.52. The number of aromatic nitrogens is 3. The predicted molar refractivity (Wildman–Crippen MR) is 54.1 cm³/mol. The van der Waals surface area contributed by atoms with Gasteiger partial charge in [0.2, 0.25) is 11.9 Å². The molecule has 0 radical (unpaired) electrons. The van der Waals surface area contributed by atoms with Crippen molar-refractivity contribution in [2.24, 2.45) is 0 Å². The zero-order valence-electron chi connectivity index (χ0n) is 9.01. The number of carbonyl (C=O) groups is 2. The van der Waals surface area contributed by atoms with E-state index in [1.807, 2.05) is 0 Å². The molecule has 0 bridgehead atoms. The first-order valence-corrected chi connectivity index (χ1v) is 4.55. The molecule has 16 heavy (non-hydrogen) atoms. The molecule has 1 aromatic rings. The van der Waals surface area contributed by atoms with E-state index in [1.54, 1.807) is 0 Å². The molecule has 1 amide bonds. The minimum absolute atomic E-state index is 0.0501. The van der Waals surface area contributed by atoms with Crippen LogP contribution >= 0.6 is 0 Å². The van der Waals surface area contributed by atoms with Gasteiger partial charge in [0.05, 0.1) is 7.11 Å². The fourth-order valence-corrected chi connectivity index (χ4v) is 1.06. The predicted octanol–water partition coefficient (Wildman–Crippen LogP) is -1.46. The van der Waals surface area contributed by atoms with Crippen LogP contribution in [0.1, 0.15) is 6.92 Å². The molecule has 1 heterocycles. The lowest BCUT2D eigenvalue weighted by Crippen LogP contribution is -2.40. The van der Waals surface area contributed by atoms with Crippen molar-refractivity contribution in [3.05, 3.63) is 6.33 Å². The number of methoxy groups -OCH3 is 1. The van der Waals surface area contributed by atoms with Crippen molar-refractivity contribution in [2.75, 3.05) is 12.8 Å². The Morgan fingerprint density at radius 2 is 2.38 bits per heavy atom. The van der Waals surface area contributed by atoms with E-state index in [-0.39, 0.29) is 18.4 Å². The standard InChI is InChI=1S/C8H13N5O3/c1-5(7(15)16-2)11-6(14)3-13-4-10-8(9)12-13/h4-5H,3H2,1-2H3,(H2,9,12)(H,11,14). The molecule has 3 N–H and O–H groups in total. The van der Waals surface area contributed by atoms with Crippen LogP contribution in [0.3, 0.4) is 0 Å². The van der Waals surface area contributed by atoms with Crippen LogP contribution in [0.15, 0.2) is 6.33 Å². The summed E-state index contributed by atoms with van der Waals surface area (Å²) < 4.78 is 5.73.